The Morgan fingerprint density at radius 2 is 0.261 bits per heavy atom. The molecule has 0 aromatic carbocycles. The Morgan fingerprint density at radius 3 is 0.261 bits per heavy atom. The zero-order valence-electron chi connectivity index (χ0n) is 17.0. The first-order valence-corrected chi connectivity index (χ1v) is 8.00. The zero-order valence-corrected chi connectivity index (χ0v) is 17.0. The van der Waals surface area contributed by atoms with Crippen LogP contribution >= 0.6 is 0 Å². The summed E-state index contributed by atoms with van der Waals surface area (Å²) in [5, 5.41) is 0. The monoisotopic (exact) mass is 345 g/mol. The lowest BCUT2D eigenvalue weighted by molar-refractivity contribution is 0.469. The zero-order chi connectivity index (χ0) is 17.0. The van der Waals surface area contributed by atoms with Crippen molar-refractivity contribution >= 4 is 0 Å². The fourth-order valence-electron chi connectivity index (χ4n) is 0. The molecule has 0 rings (SSSR count). The third kappa shape index (κ3) is 0. The van der Waals surface area contributed by atoms with Gasteiger partial charge in [0, 0.05) is 0 Å². The van der Waals surface area contributed by atoms with E-state index < -0.39 is 0 Å². The molecule has 0 unspecified atom stereocenters. The molecule has 0 heterocycles. The van der Waals surface area contributed by atoms with Crippen molar-refractivity contribution in [3.05, 3.63) is 0 Å². The first-order chi connectivity index (χ1) is 8.00. The van der Waals surface area contributed by atoms with E-state index in [2.05, 4.69) is 55.4 Å². The molecule has 0 fully saturated rings. The molecule has 0 aliphatic carbocycles. The predicted molar refractivity (Wildman–Crippen MR) is 129 cm³/mol. The Kier molecular flexibility index (Phi) is 226. The summed E-state index contributed by atoms with van der Waals surface area (Å²) in [6.45, 7) is 33.5. The minimum Gasteiger partial charge on any atom is -0.0776 e. The lowest BCUT2D eigenvalue weighted by Crippen LogP contribution is -1.93. The Bertz CT molecular complexity index is 43.0. The Balaban J connectivity index is -0.00000000847. The van der Waals surface area contributed by atoms with Crippen molar-refractivity contribution in [2.24, 2.45) is 10.8 Å². The predicted octanol–water partition coefficient (Wildman–Crippen LogP) is 11.4. The summed E-state index contributed by atoms with van der Waals surface area (Å²) in [7, 11) is 0. The topological polar surface area (TPSA) is 0 Å². The number of hydrogen-bond acceptors (Lipinski definition) is 0. The summed E-state index contributed by atoms with van der Waals surface area (Å²) in [6.07, 6.45) is 0. The third-order valence-electron chi connectivity index (χ3n) is 0. The first-order valence-electron chi connectivity index (χ1n) is 8.00. The Labute approximate surface area is 159 Å². The van der Waals surface area contributed by atoms with Gasteiger partial charge < -0.3 is 0 Å². The van der Waals surface area contributed by atoms with Crippen LogP contribution in [0.3, 0.4) is 0 Å². The summed E-state index contributed by atoms with van der Waals surface area (Å²) in [6, 6.07) is 0. The van der Waals surface area contributed by atoms with E-state index >= 15 is 0 Å². The molecule has 160 valence electrons. The van der Waals surface area contributed by atoms with E-state index in [9.17, 15) is 0 Å². The van der Waals surface area contributed by atoms with Gasteiger partial charge in [-0.2, -0.15) is 0 Å². The van der Waals surface area contributed by atoms with Crippen LogP contribution in [0.5, 0.6) is 0 Å². The van der Waals surface area contributed by atoms with Gasteiger partial charge in [-0.25, -0.2) is 0 Å². The molecule has 0 atom stereocenters. The average Bonchev–Trinajstić information content (AvgIpc) is 2.24. The van der Waals surface area contributed by atoms with Gasteiger partial charge in [0.25, 0.3) is 0 Å². The van der Waals surface area contributed by atoms with Crippen molar-refractivity contribution < 1.29 is 0 Å². The van der Waals surface area contributed by atoms with Crippen LogP contribution in [0, 0.1) is 10.8 Å². The van der Waals surface area contributed by atoms with Crippen LogP contribution in [0.25, 0.3) is 0 Å². The molecule has 0 saturated heterocycles. The SMILES string of the molecule is C.C.C.C.C.CC.CC.CC.CC.CC(C)(C)C.CC(C)(C)C. The van der Waals surface area contributed by atoms with Crippen molar-refractivity contribution in [1.82, 2.24) is 0 Å². The normalized spacial score (nSPS) is 6.26. The van der Waals surface area contributed by atoms with Gasteiger partial charge in [0.05, 0.1) is 0 Å². The van der Waals surface area contributed by atoms with Crippen LogP contribution in [0.4, 0.5) is 0 Å². The standard InChI is InChI=1S/2C5H12.4C2H6.5CH4/c2*1-5(2,3)4;4*1-2;;;;;/h2*1-4H3;4*1-2H3;5*1H4. The fraction of sp³-hybridized carbons (Fsp3) is 1.00. The maximum atomic E-state index is 2.19. The van der Waals surface area contributed by atoms with Gasteiger partial charge in [0.1, 0.15) is 0 Å². The summed E-state index contributed by atoms with van der Waals surface area (Å²) < 4.78 is 0. The molecule has 0 aromatic heterocycles. The molecule has 23 heavy (non-hydrogen) atoms. The van der Waals surface area contributed by atoms with Gasteiger partial charge in [-0.05, 0) is 10.8 Å². The van der Waals surface area contributed by atoms with E-state index in [1.54, 1.807) is 0 Å². The van der Waals surface area contributed by atoms with Gasteiger partial charge in [0.2, 0.25) is 0 Å². The molecule has 0 spiro atoms. The molecule has 0 saturated carbocycles. The minimum absolute atomic E-state index is 0. The van der Waals surface area contributed by atoms with E-state index in [1.165, 1.54) is 0 Å². The smallest absolute Gasteiger partial charge is 0.0411 e. The van der Waals surface area contributed by atoms with Crippen molar-refractivity contribution in [3.8, 4) is 0 Å². The third-order valence-corrected chi connectivity index (χ3v) is 0. The van der Waals surface area contributed by atoms with Gasteiger partial charge in [-0.15, -0.1) is 0 Å². The fourth-order valence-corrected chi connectivity index (χ4v) is 0. The maximum Gasteiger partial charge on any atom is -0.0411 e. The molecule has 0 N–H and O–H groups in total. The van der Waals surface area contributed by atoms with Gasteiger partial charge in [-0.3, -0.25) is 0 Å². The summed E-state index contributed by atoms with van der Waals surface area (Å²) >= 11 is 0. The van der Waals surface area contributed by atoms with Gasteiger partial charge in [-0.1, -0.05) is 148 Å². The highest BCUT2D eigenvalue weighted by Crippen LogP contribution is 2.08. The molecule has 0 nitrogen and oxygen atoms in total. The van der Waals surface area contributed by atoms with E-state index in [0.29, 0.717) is 10.8 Å². The Hall–Kier alpha value is 0. The quantitative estimate of drug-likeness (QED) is 0.409. The summed E-state index contributed by atoms with van der Waals surface area (Å²) in [5.74, 6) is 0. The molecule has 0 bridgehead atoms. The molecule has 0 heteroatoms. The highest BCUT2D eigenvalue weighted by atomic mass is 14.0. The lowest BCUT2D eigenvalue weighted by Gasteiger charge is -2.05. The van der Waals surface area contributed by atoms with Crippen molar-refractivity contribution in [2.45, 2.75) is 148 Å². The number of rotatable bonds is 0. The van der Waals surface area contributed by atoms with E-state index in [4.69, 9.17) is 0 Å². The number of hydrogen-bond donors (Lipinski definition) is 0. The van der Waals surface area contributed by atoms with Crippen molar-refractivity contribution in [1.29, 1.82) is 0 Å². The van der Waals surface area contributed by atoms with Gasteiger partial charge in [0.15, 0.2) is 0 Å². The highest BCUT2D eigenvalue weighted by molar-refractivity contribution is 4.47. The second-order valence-electron chi connectivity index (χ2n) is 6.00. The van der Waals surface area contributed by atoms with Crippen LogP contribution in [-0.2, 0) is 0 Å². The first kappa shape index (κ1) is 77.3. The van der Waals surface area contributed by atoms with Crippen molar-refractivity contribution in [2.75, 3.05) is 0 Å². The molecular formula is C23H68. The largest absolute Gasteiger partial charge is 0.0776 e. The molecule has 0 aliphatic heterocycles. The van der Waals surface area contributed by atoms with Crippen LogP contribution < -0.4 is 0 Å². The molecule has 0 radical (unpaired) electrons. The van der Waals surface area contributed by atoms with E-state index in [-0.39, 0.29) is 37.1 Å². The average molecular weight is 345 g/mol. The van der Waals surface area contributed by atoms with E-state index in [0.717, 1.165) is 0 Å². The van der Waals surface area contributed by atoms with Crippen molar-refractivity contribution in [3.63, 3.8) is 0 Å². The molecule has 0 amide bonds. The lowest BCUT2D eigenvalue weighted by atomic mass is 10.0. The second kappa shape index (κ2) is 67.4. The molecular weight excluding hydrogens is 276 g/mol. The van der Waals surface area contributed by atoms with Crippen LogP contribution in [0.1, 0.15) is 148 Å². The van der Waals surface area contributed by atoms with Crippen LogP contribution in [0.2, 0.25) is 0 Å². The minimum atomic E-state index is 0. The highest BCUT2D eigenvalue weighted by Gasteiger charge is 1.96. The second-order valence-corrected chi connectivity index (χ2v) is 6.00. The summed E-state index contributed by atoms with van der Waals surface area (Å²) in [4.78, 5) is 0. The van der Waals surface area contributed by atoms with E-state index in [1.807, 2.05) is 55.4 Å². The maximum absolute atomic E-state index is 2.19. The van der Waals surface area contributed by atoms with Gasteiger partial charge >= 0.3 is 0 Å². The summed E-state index contributed by atoms with van der Waals surface area (Å²) in [5.41, 5.74) is 1.00. The molecule has 0 aromatic rings. The Morgan fingerprint density at radius 1 is 0.261 bits per heavy atom. The van der Waals surface area contributed by atoms with Crippen LogP contribution in [-0.4, -0.2) is 0 Å². The van der Waals surface area contributed by atoms with Crippen LogP contribution in [0.15, 0.2) is 0 Å². The molecule has 0 aliphatic rings.